The van der Waals surface area contributed by atoms with Crippen molar-refractivity contribution in [3.05, 3.63) is 23.3 Å². The number of hydrogen-bond donors (Lipinski definition) is 2. The predicted octanol–water partition coefficient (Wildman–Crippen LogP) is 2.74. The van der Waals surface area contributed by atoms with Gasteiger partial charge in [0, 0.05) is 18.8 Å². The summed E-state index contributed by atoms with van der Waals surface area (Å²) in [7, 11) is 1.69. The Kier molecular flexibility index (Phi) is 5.29. The minimum atomic E-state index is 0.234. The first-order chi connectivity index (χ1) is 8.12. The van der Waals surface area contributed by atoms with Crippen molar-refractivity contribution in [2.24, 2.45) is 5.92 Å². The summed E-state index contributed by atoms with van der Waals surface area (Å²) in [5.74, 6) is 1.24. The van der Waals surface area contributed by atoms with Crippen LogP contribution in [0.25, 0.3) is 0 Å². The molecule has 0 saturated carbocycles. The van der Waals surface area contributed by atoms with E-state index in [9.17, 15) is 0 Å². The van der Waals surface area contributed by atoms with Crippen LogP contribution in [-0.2, 0) is 0 Å². The number of aliphatic hydroxyl groups is 1. The molecule has 2 N–H and O–H groups in total. The Balaban J connectivity index is 2.75. The molecular formula is C14H23NO2. The highest BCUT2D eigenvalue weighted by molar-refractivity contribution is 5.57. The fraction of sp³-hybridized carbons (Fsp3) is 0.571. The third kappa shape index (κ3) is 3.63. The second-order valence-electron chi connectivity index (χ2n) is 4.47. The Morgan fingerprint density at radius 2 is 2.00 bits per heavy atom. The first-order valence-corrected chi connectivity index (χ1v) is 6.12. The number of aliphatic hydroxyl groups excluding tert-OH is 1. The highest BCUT2D eigenvalue weighted by atomic mass is 16.5. The van der Waals surface area contributed by atoms with Crippen molar-refractivity contribution < 1.29 is 9.84 Å². The van der Waals surface area contributed by atoms with E-state index < -0.39 is 0 Å². The number of hydrogen-bond acceptors (Lipinski definition) is 3. The van der Waals surface area contributed by atoms with Gasteiger partial charge >= 0.3 is 0 Å². The summed E-state index contributed by atoms with van der Waals surface area (Å²) in [5, 5.41) is 12.5. The van der Waals surface area contributed by atoms with Gasteiger partial charge in [-0.05, 0) is 49.4 Å². The highest BCUT2D eigenvalue weighted by Crippen LogP contribution is 2.26. The maximum absolute atomic E-state index is 9.15. The van der Waals surface area contributed by atoms with Gasteiger partial charge < -0.3 is 15.2 Å². The molecule has 1 aromatic carbocycles. The van der Waals surface area contributed by atoms with Crippen molar-refractivity contribution >= 4 is 5.69 Å². The van der Waals surface area contributed by atoms with Crippen molar-refractivity contribution in [1.29, 1.82) is 0 Å². The van der Waals surface area contributed by atoms with Crippen LogP contribution in [0.4, 0.5) is 5.69 Å². The number of aryl methyl sites for hydroxylation is 2. The molecule has 0 amide bonds. The number of methoxy groups -OCH3 is 1. The zero-order valence-electron chi connectivity index (χ0n) is 11.2. The number of nitrogens with one attached hydrogen (secondary N) is 1. The lowest BCUT2D eigenvalue weighted by Crippen LogP contribution is -2.17. The molecule has 0 radical (unpaired) electrons. The van der Waals surface area contributed by atoms with Gasteiger partial charge in [-0.3, -0.25) is 0 Å². The van der Waals surface area contributed by atoms with E-state index in [1.807, 2.05) is 13.0 Å². The van der Waals surface area contributed by atoms with Crippen LogP contribution in [0.5, 0.6) is 5.75 Å². The average Bonchev–Trinajstić information content (AvgIpc) is 2.34. The smallest absolute Gasteiger partial charge is 0.122 e. The highest BCUT2D eigenvalue weighted by Gasteiger charge is 2.07. The number of rotatable bonds is 6. The van der Waals surface area contributed by atoms with E-state index in [0.717, 1.165) is 30.0 Å². The molecule has 0 spiro atoms. The fourth-order valence-electron chi connectivity index (χ4n) is 1.79. The summed E-state index contributed by atoms with van der Waals surface area (Å²) in [6, 6.07) is 4.13. The fourth-order valence-corrected chi connectivity index (χ4v) is 1.79. The largest absolute Gasteiger partial charge is 0.496 e. The van der Waals surface area contributed by atoms with Gasteiger partial charge in [0.2, 0.25) is 0 Å². The maximum Gasteiger partial charge on any atom is 0.122 e. The van der Waals surface area contributed by atoms with E-state index in [4.69, 9.17) is 9.84 Å². The third-order valence-corrected chi connectivity index (χ3v) is 3.16. The summed E-state index contributed by atoms with van der Waals surface area (Å²) in [5.41, 5.74) is 3.41. The lowest BCUT2D eigenvalue weighted by Gasteiger charge is -2.17. The monoisotopic (exact) mass is 237 g/mol. The van der Waals surface area contributed by atoms with E-state index in [0.29, 0.717) is 5.92 Å². The second-order valence-corrected chi connectivity index (χ2v) is 4.47. The summed E-state index contributed by atoms with van der Waals surface area (Å²) in [6.07, 6.45) is 0.984. The van der Waals surface area contributed by atoms with E-state index in [1.54, 1.807) is 7.11 Å². The quantitative estimate of drug-likeness (QED) is 0.799. The predicted molar refractivity (Wildman–Crippen MR) is 71.8 cm³/mol. The topological polar surface area (TPSA) is 41.5 Å². The lowest BCUT2D eigenvalue weighted by atomic mass is 10.1. The summed E-state index contributed by atoms with van der Waals surface area (Å²) >= 11 is 0. The molecule has 0 bridgehead atoms. The van der Waals surface area contributed by atoms with E-state index in [2.05, 4.69) is 25.2 Å². The molecule has 1 aromatic rings. The van der Waals surface area contributed by atoms with Gasteiger partial charge in [0.05, 0.1) is 7.11 Å². The number of ether oxygens (including phenoxy) is 1. The van der Waals surface area contributed by atoms with Crippen molar-refractivity contribution in [3.63, 3.8) is 0 Å². The van der Waals surface area contributed by atoms with E-state index in [-0.39, 0.29) is 6.61 Å². The molecule has 96 valence electrons. The molecule has 0 aromatic heterocycles. The minimum absolute atomic E-state index is 0.234. The molecule has 1 unspecified atom stereocenters. The first kappa shape index (κ1) is 13.8. The van der Waals surface area contributed by atoms with Gasteiger partial charge in [0.25, 0.3) is 0 Å². The molecule has 0 fully saturated rings. The molecule has 17 heavy (non-hydrogen) atoms. The van der Waals surface area contributed by atoms with Crippen LogP contribution < -0.4 is 10.1 Å². The molecule has 3 heteroatoms. The van der Waals surface area contributed by atoms with Crippen LogP contribution in [0.15, 0.2) is 12.1 Å². The van der Waals surface area contributed by atoms with Crippen molar-refractivity contribution in [1.82, 2.24) is 0 Å². The SMILES string of the molecule is CCC(CO)CNc1cc(C)c(OC)cc1C. The van der Waals surface area contributed by atoms with Crippen LogP contribution >= 0.6 is 0 Å². The van der Waals surface area contributed by atoms with Gasteiger partial charge in [0.1, 0.15) is 5.75 Å². The molecule has 0 aliphatic rings. The summed E-state index contributed by atoms with van der Waals surface area (Å²) in [6.45, 7) is 7.23. The van der Waals surface area contributed by atoms with Crippen molar-refractivity contribution in [3.8, 4) is 5.75 Å². The standard InChI is InChI=1S/C14H23NO2/c1-5-12(9-16)8-15-13-6-11(3)14(17-4)7-10(13)2/h6-7,12,15-16H,5,8-9H2,1-4H3. The van der Waals surface area contributed by atoms with Gasteiger partial charge in [-0.2, -0.15) is 0 Å². The Morgan fingerprint density at radius 1 is 1.29 bits per heavy atom. The molecule has 3 nitrogen and oxygen atoms in total. The van der Waals surface area contributed by atoms with Crippen LogP contribution in [0, 0.1) is 19.8 Å². The summed E-state index contributed by atoms with van der Waals surface area (Å²) < 4.78 is 5.28. The number of benzene rings is 1. The summed E-state index contributed by atoms with van der Waals surface area (Å²) in [4.78, 5) is 0. The molecule has 0 saturated heterocycles. The Morgan fingerprint density at radius 3 is 2.53 bits per heavy atom. The average molecular weight is 237 g/mol. The molecule has 0 aliphatic carbocycles. The van der Waals surface area contributed by atoms with Crippen molar-refractivity contribution in [2.75, 3.05) is 25.6 Å². The second kappa shape index (κ2) is 6.50. The van der Waals surface area contributed by atoms with Gasteiger partial charge in [0.15, 0.2) is 0 Å². The third-order valence-electron chi connectivity index (χ3n) is 3.16. The van der Waals surface area contributed by atoms with Crippen molar-refractivity contribution in [2.45, 2.75) is 27.2 Å². The van der Waals surface area contributed by atoms with Crippen LogP contribution in [0.3, 0.4) is 0 Å². The van der Waals surface area contributed by atoms with E-state index >= 15 is 0 Å². The van der Waals surface area contributed by atoms with Gasteiger partial charge in [-0.15, -0.1) is 0 Å². The first-order valence-electron chi connectivity index (χ1n) is 6.12. The molecule has 0 heterocycles. The van der Waals surface area contributed by atoms with E-state index in [1.165, 1.54) is 5.56 Å². The van der Waals surface area contributed by atoms with Crippen LogP contribution in [-0.4, -0.2) is 25.4 Å². The van der Waals surface area contributed by atoms with Gasteiger partial charge in [-0.25, -0.2) is 0 Å². The minimum Gasteiger partial charge on any atom is -0.496 e. The normalized spacial score (nSPS) is 12.3. The molecule has 1 rings (SSSR count). The Labute approximate surface area is 104 Å². The maximum atomic E-state index is 9.15. The molecule has 1 atom stereocenters. The van der Waals surface area contributed by atoms with Gasteiger partial charge in [-0.1, -0.05) is 6.92 Å². The zero-order chi connectivity index (χ0) is 12.8. The Bertz CT molecular complexity index is 359. The molecular weight excluding hydrogens is 214 g/mol. The van der Waals surface area contributed by atoms with Crippen LogP contribution in [0.1, 0.15) is 24.5 Å². The van der Waals surface area contributed by atoms with Crippen LogP contribution in [0.2, 0.25) is 0 Å². The lowest BCUT2D eigenvalue weighted by molar-refractivity contribution is 0.230. The number of anilines is 1. The Hall–Kier alpha value is -1.22. The zero-order valence-corrected chi connectivity index (χ0v) is 11.2. The molecule has 0 aliphatic heterocycles.